The Morgan fingerprint density at radius 2 is 0.342 bits per heavy atom. The van der Waals surface area contributed by atoms with E-state index in [1.165, 1.54) is 0 Å². The highest BCUT2D eigenvalue weighted by molar-refractivity contribution is 5.03. The maximum absolute atomic E-state index is 12.5. The summed E-state index contributed by atoms with van der Waals surface area (Å²) < 4.78 is 110. The minimum atomic E-state index is -2.68. The lowest BCUT2D eigenvalue weighted by Crippen LogP contribution is -2.69. The van der Waals surface area contributed by atoms with Gasteiger partial charge in [0.2, 0.25) is 0 Å². The Morgan fingerprint density at radius 1 is 0.153 bits per heavy atom. The van der Waals surface area contributed by atoms with E-state index in [-0.39, 0.29) is 0 Å². The maximum Gasteiger partial charge on any atom is 0.187 e. The van der Waals surface area contributed by atoms with E-state index in [9.17, 15) is 163 Å². The van der Waals surface area contributed by atoms with Crippen LogP contribution in [0.1, 0.15) is 0 Å². The second-order valence-electron chi connectivity index (χ2n) is 28.1. The van der Waals surface area contributed by atoms with Crippen LogP contribution in [-0.4, -0.2) is 537 Å². The second kappa shape index (κ2) is 39.4. The Labute approximate surface area is 625 Å². The van der Waals surface area contributed by atoms with Crippen LogP contribution in [0.15, 0.2) is 0 Å². The van der Waals surface area contributed by atoms with E-state index >= 15 is 0 Å². The SMILES string of the molecule is OC[C@H]1O[C@@H](O[C@@H]2[C@H](O[C@@H]3[C@@H](O[C@@H]4[C@H](O)[C@@H](O[C@@H]5[C@@H](O[C@@H]6[C@H](O)[C@@H](O[C@@H]7[C@@H](O[C@@H]8C(O)O[C@H](CO)[C@@H](O)[C@@H]8O)O[C@H](CO)[C@@H](O)[C@@H]7O)O[C@H](CO[C@H]7O[C@H](CO)[C@@H](O)[C@H](O)[C@@H]7O)[C@H]6O)O[C@H](CO)[C@@H](O)[C@@H]5O)O[C@H](CO[C@H]5O[C@H](CO)[C@@H](O)[C@H](O)[C@@H]5O)[C@H]4O)O[C@H](CO)[C@@H](O)[C@@H]3O)O[C@H](CO)[C@@H](O)[C@@H]2O)[C@@H](O)[C@@H](O)[C@@H]1O. The molecule has 0 saturated carbocycles. The van der Waals surface area contributed by atoms with E-state index in [2.05, 4.69) is 0 Å². The van der Waals surface area contributed by atoms with Gasteiger partial charge in [-0.3, -0.25) is 0 Å². The molecule has 648 valence electrons. The zero-order chi connectivity index (χ0) is 81.4. The largest absolute Gasteiger partial charge is 0.394 e. The number of hydrogen-bond acceptors (Lipinski definition) is 51. The van der Waals surface area contributed by atoms with Gasteiger partial charge in [0, 0.05) is 0 Å². The van der Waals surface area contributed by atoms with Crippen molar-refractivity contribution in [1.29, 1.82) is 0 Å². The van der Waals surface area contributed by atoms with Gasteiger partial charge in [0.25, 0.3) is 0 Å². The highest BCUT2D eigenvalue weighted by Crippen LogP contribution is 2.41. The highest BCUT2D eigenvalue weighted by atomic mass is 16.8. The molecule has 0 aliphatic carbocycles. The molecule has 50 atom stereocenters. The quantitative estimate of drug-likeness (QED) is 0.0346. The topological polar surface area (TPSA) is 823 Å². The van der Waals surface area contributed by atoms with Crippen LogP contribution in [0.4, 0.5) is 0 Å². The first kappa shape index (κ1) is 91.3. The molecule has 0 radical (unpaired) electrons. The second-order valence-corrected chi connectivity index (χ2v) is 28.1. The Hall–Kier alpha value is -2.04. The summed E-state index contributed by atoms with van der Waals surface area (Å²) in [5, 5.41) is 351. The molecule has 0 bridgehead atoms. The summed E-state index contributed by atoms with van der Waals surface area (Å²) in [5.41, 5.74) is 0. The van der Waals surface area contributed by atoms with Crippen LogP contribution >= 0.6 is 0 Å². The maximum atomic E-state index is 12.5. The zero-order valence-electron chi connectivity index (χ0n) is 58.0. The lowest BCUT2D eigenvalue weighted by atomic mass is 9.95. The molecule has 0 aromatic rings. The fraction of sp³-hybridized carbons (Fsp3) is 1.00. The molecule has 51 heteroatoms. The molecule has 111 heavy (non-hydrogen) atoms. The third-order valence-corrected chi connectivity index (χ3v) is 20.9. The van der Waals surface area contributed by atoms with Gasteiger partial charge in [-0.15, -0.1) is 0 Å². The van der Waals surface area contributed by atoms with Gasteiger partial charge in [0.05, 0.1) is 66.1 Å². The molecule has 10 aliphatic rings. The van der Waals surface area contributed by atoms with Gasteiger partial charge < -0.3 is 253 Å². The van der Waals surface area contributed by atoms with Crippen molar-refractivity contribution in [3.05, 3.63) is 0 Å². The van der Waals surface area contributed by atoms with Gasteiger partial charge >= 0.3 is 0 Å². The van der Waals surface area contributed by atoms with Gasteiger partial charge in [0.1, 0.15) is 244 Å². The van der Waals surface area contributed by atoms with Crippen LogP contribution in [0.2, 0.25) is 0 Å². The van der Waals surface area contributed by atoms with Gasteiger partial charge in [-0.05, 0) is 0 Å². The molecule has 10 aliphatic heterocycles. The van der Waals surface area contributed by atoms with Crippen LogP contribution in [-0.2, 0) is 90.0 Å². The Bertz CT molecular complexity index is 2780. The lowest BCUT2D eigenvalue weighted by Gasteiger charge is -2.51. The van der Waals surface area contributed by atoms with Gasteiger partial charge in [-0.1, -0.05) is 0 Å². The van der Waals surface area contributed by atoms with Crippen molar-refractivity contribution in [1.82, 2.24) is 0 Å². The van der Waals surface area contributed by atoms with Gasteiger partial charge in [-0.25, -0.2) is 0 Å². The van der Waals surface area contributed by atoms with E-state index < -0.39 is 373 Å². The van der Waals surface area contributed by atoms with Crippen molar-refractivity contribution >= 4 is 0 Å². The van der Waals surface area contributed by atoms with E-state index in [0.29, 0.717) is 0 Å². The molecule has 10 saturated heterocycles. The Kier molecular flexibility index (Phi) is 32.4. The van der Waals surface area contributed by atoms with Crippen LogP contribution in [0.3, 0.4) is 0 Å². The van der Waals surface area contributed by atoms with E-state index in [1.54, 1.807) is 0 Å². The first-order valence-corrected chi connectivity index (χ1v) is 35.2. The number of hydrogen-bond donors (Lipinski definition) is 32. The molecule has 10 fully saturated rings. The Morgan fingerprint density at radius 3 is 0.622 bits per heavy atom. The number of rotatable bonds is 28. The molecule has 0 aromatic carbocycles. The van der Waals surface area contributed by atoms with Crippen molar-refractivity contribution in [2.45, 2.75) is 307 Å². The number of aliphatic hydroxyl groups excluding tert-OH is 32. The normalized spacial score (nSPS) is 53.7. The first-order valence-electron chi connectivity index (χ1n) is 35.2. The molecule has 51 nitrogen and oxygen atoms in total. The summed E-state index contributed by atoms with van der Waals surface area (Å²) in [5.74, 6) is 0. The lowest BCUT2D eigenvalue weighted by molar-refractivity contribution is -0.415. The van der Waals surface area contributed by atoms with Crippen LogP contribution < -0.4 is 0 Å². The number of aliphatic hydroxyl groups is 32. The minimum absolute atomic E-state index is 0.961. The van der Waals surface area contributed by atoms with Crippen molar-refractivity contribution in [3.8, 4) is 0 Å². The summed E-state index contributed by atoms with van der Waals surface area (Å²) in [6.07, 6.45) is -110. The molecule has 0 aromatic heterocycles. The van der Waals surface area contributed by atoms with Crippen LogP contribution in [0, 0.1) is 0 Å². The molecule has 10 rings (SSSR count). The third kappa shape index (κ3) is 19.1. The summed E-state index contributed by atoms with van der Waals surface area (Å²) in [4.78, 5) is 0. The predicted octanol–water partition coefficient (Wildman–Crippen LogP) is -22.8. The molecule has 0 amide bonds. The fourth-order valence-electron chi connectivity index (χ4n) is 14.1. The third-order valence-electron chi connectivity index (χ3n) is 20.9. The summed E-state index contributed by atoms with van der Waals surface area (Å²) >= 11 is 0. The van der Waals surface area contributed by atoms with Crippen LogP contribution in [0.5, 0.6) is 0 Å². The molecular formula is C60H102O51. The first-order chi connectivity index (χ1) is 52.6. The average Bonchev–Trinajstić information content (AvgIpc) is 0.768. The molecule has 10 heterocycles. The minimum Gasteiger partial charge on any atom is -0.394 e. The number of ether oxygens (including phenoxy) is 19. The van der Waals surface area contributed by atoms with Crippen LogP contribution in [0.25, 0.3) is 0 Å². The fourth-order valence-corrected chi connectivity index (χ4v) is 14.1. The highest BCUT2D eigenvalue weighted by Gasteiger charge is 2.62. The van der Waals surface area contributed by atoms with Gasteiger partial charge in [-0.2, -0.15) is 0 Å². The average molecular weight is 1640 g/mol. The van der Waals surface area contributed by atoms with E-state index in [0.717, 1.165) is 0 Å². The summed E-state index contributed by atoms with van der Waals surface area (Å²) in [6, 6.07) is 0. The zero-order valence-corrected chi connectivity index (χ0v) is 58.0. The smallest absolute Gasteiger partial charge is 0.187 e. The van der Waals surface area contributed by atoms with Gasteiger partial charge in [0.15, 0.2) is 62.9 Å². The molecule has 32 N–H and O–H groups in total. The predicted molar refractivity (Wildman–Crippen MR) is 330 cm³/mol. The summed E-state index contributed by atoms with van der Waals surface area (Å²) in [7, 11) is 0. The van der Waals surface area contributed by atoms with E-state index in [1.807, 2.05) is 0 Å². The van der Waals surface area contributed by atoms with Crippen molar-refractivity contribution in [2.24, 2.45) is 0 Å². The molecule has 0 spiro atoms. The monoisotopic (exact) mass is 1640 g/mol. The molecular weight excluding hydrogens is 1540 g/mol. The molecule has 1 unspecified atom stereocenters. The Balaban J connectivity index is 0.987. The standard InChI is InChI=1S/C60H102O51/c61-1-11-24(72)34(82)46(51(92)95-11)107-59-48(36(84)26(74)17(7-67)101-59)110-56-42(90)44(29(77)19(104-56)9-93-52-39(87)31(79)21(69)12(2-62)96-52)105-57-47(35(83)25(73)15(5-65)99-57)109-55-43(91)45(30(78)20(103-55)10-94-53-40(88)32(80)22(70)13(3-63)97-53)106-58-50(38(86)28(76)16(6-66)100-58)111-60-49(37(85)27(75)18(8-68)102-60)108-54-41(89)33(81)23(71)14(4-64)98-54/h11-92H,1-10H2/t11-,12-,13-,14-,15-,16-,17-,18-,19-,20-,21-,22-,23-,24-,25-,26-,27-,28-,29-,30-,31+,32+,33+,34+,35+,36+,37+,38+,39+,40+,41+,42+,43+,44+,45+,46+,47+,48+,49+,50+,51?,52+,53+,54+,55-,56-,57-,58-,59-,60+/m1/s1. The van der Waals surface area contributed by atoms with Crippen molar-refractivity contribution in [3.63, 3.8) is 0 Å². The van der Waals surface area contributed by atoms with Crippen molar-refractivity contribution in [2.75, 3.05) is 66.1 Å². The van der Waals surface area contributed by atoms with E-state index in [4.69, 9.17) is 90.0 Å². The summed E-state index contributed by atoms with van der Waals surface area (Å²) in [6.45, 7) is -11.0. The van der Waals surface area contributed by atoms with Crippen molar-refractivity contribution < 1.29 is 253 Å².